The minimum absolute atomic E-state index is 0.503. The van der Waals surface area contributed by atoms with Gasteiger partial charge in [0.15, 0.2) is 4.34 Å². The van der Waals surface area contributed by atoms with E-state index in [0.29, 0.717) is 38.2 Å². The molecular formula is C12H23N3O3S2. The molecule has 0 aliphatic rings. The number of hydrogen-bond acceptors (Lipinski definition) is 8. The van der Waals surface area contributed by atoms with Gasteiger partial charge in [-0.05, 0) is 6.42 Å². The smallest absolute Gasteiger partial charge is 0.203 e. The van der Waals surface area contributed by atoms with Gasteiger partial charge in [0.25, 0.3) is 0 Å². The normalized spacial score (nSPS) is 11.1. The fraction of sp³-hybridized carbons (Fsp3) is 0.833. The first-order chi connectivity index (χ1) is 9.83. The molecule has 0 atom stereocenters. The van der Waals surface area contributed by atoms with Crippen LogP contribution in [0.25, 0.3) is 0 Å². The van der Waals surface area contributed by atoms with Crippen molar-refractivity contribution in [1.82, 2.24) is 10.2 Å². The molecule has 0 fully saturated rings. The fourth-order valence-electron chi connectivity index (χ4n) is 1.25. The molecule has 1 rings (SSSR count). The third-order valence-electron chi connectivity index (χ3n) is 2.26. The molecule has 0 aliphatic heterocycles. The number of ether oxygens (including phenoxy) is 3. The van der Waals surface area contributed by atoms with Gasteiger partial charge in [0, 0.05) is 12.4 Å². The van der Waals surface area contributed by atoms with Crippen LogP contribution < -0.4 is 5.73 Å². The largest absolute Gasteiger partial charge is 0.379 e. The second kappa shape index (κ2) is 12.3. The van der Waals surface area contributed by atoms with Crippen LogP contribution in [0.2, 0.25) is 0 Å². The Labute approximate surface area is 128 Å². The van der Waals surface area contributed by atoms with E-state index in [1.807, 2.05) is 0 Å². The molecule has 6 nitrogen and oxygen atoms in total. The SMILES string of the molecule is CCCCOCCOCCOCCSc1nnc(N)s1. The molecule has 0 aliphatic carbocycles. The highest BCUT2D eigenvalue weighted by atomic mass is 32.2. The van der Waals surface area contributed by atoms with E-state index in [9.17, 15) is 0 Å². The molecule has 0 aromatic carbocycles. The van der Waals surface area contributed by atoms with Gasteiger partial charge in [-0.2, -0.15) is 0 Å². The molecule has 0 radical (unpaired) electrons. The van der Waals surface area contributed by atoms with Crippen molar-refractivity contribution in [2.45, 2.75) is 24.1 Å². The maximum absolute atomic E-state index is 5.49. The Morgan fingerprint density at radius 3 is 2.25 bits per heavy atom. The number of hydrogen-bond donors (Lipinski definition) is 1. The fourth-order valence-corrected chi connectivity index (χ4v) is 2.81. The molecule has 0 saturated heterocycles. The van der Waals surface area contributed by atoms with Gasteiger partial charge < -0.3 is 19.9 Å². The van der Waals surface area contributed by atoms with Crippen molar-refractivity contribution < 1.29 is 14.2 Å². The second-order valence-corrected chi connectivity index (χ2v) is 6.30. The number of nitrogens with two attached hydrogens (primary N) is 1. The quantitative estimate of drug-likeness (QED) is 0.440. The summed E-state index contributed by atoms with van der Waals surface area (Å²) < 4.78 is 17.1. The van der Waals surface area contributed by atoms with Crippen LogP contribution in [0.1, 0.15) is 19.8 Å². The Balaban J connectivity index is 1.76. The monoisotopic (exact) mass is 321 g/mol. The molecule has 116 valence electrons. The number of nitrogens with zero attached hydrogens (tertiary/aromatic N) is 2. The standard InChI is InChI=1S/C12H23N3O3S2/c1-2-3-4-16-5-6-17-7-8-18-9-10-19-12-15-14-11(13)20-12/h2-10H2,1H3,(H2,13,14). The molecule has 1 aromatic heterocycles. The predicted octanol–water partition coefficient (Wildman–Crippen LogP) is 2.06. The highest BCUT2D eigenvalue weighted by molar-refractivity contribution is 8.01. The van der Waals surface area contributed by atoms with Crippen LogP contribution in [-0.4, -0.2) is 55.6 Å². The Bertz CT molecular complexity index is 340. The van der Waals surface area contributed by atoms with Crippen molar-refractivity contribution in [3.63, 3.8) is 0 Å². The Hall–Kier alpha value is -0.410. The number of aromatic nitrogens is 2. The summed E-state index contributed by atoms with van der Waals surface area (Å²) in [4.78, 5) is 0. The zero-order valence-corrected chi connectivity index (χ0v) is 13.5. The Morgan fingerprint density at radius 1 is 1.00 bits per heavy atom. The number of unbranched alkanes of at least 4 members (excludes halogenated alkanes) is 1. The van der Waals surface area contributed by atoms with Crippen LogP contribution >= 0.6 is 23.1 Å². The lowest BCUT2D eigenvalue weighted by molar-refractivity contribution is 0.0169. The molecule has 2 N–H and O–H groups in total. The van der Waals surface area contributed by atoms with Gasteiger partial charge in [-0.15, -0.1) is 10.2 Å². The van der Waals surface area contributed by atoms with Crippen molar-refractivity contribution in [2.75, 3.05) is 51.1 Å². The van der Waals surface area contributed by atoms with E-state index in [2.05, 4.69) is 17.1 Å². The number of nitrogen functional groups attached to an aromatic ring is 1. The lowest BCUT2D eigenvalue weighted by atomic mass is 10.4. The summed E-state index contributed by atoms with van der Waals surface area (Å²) in [7, 11) is 0. The summed E-state index contributed by atoms with van der Waals surface area (Å²) in [5, 5.41) is 8.16. The number of rotatable bonds is 13. The molecule has 0 amide bonds. The van der Waals surface area contributed by atoms with E-state index in [1.54, 1.807) is 11.8 Å². The van der Waals surface area contributed by atoms with Crippen LogP contribution in [0.15, 0.2) is 4.34 Å². The summed E-state index contributed by atoms with van der Waals surface area (Å²) >= 11 is 2.99. The first-order valence-corrected chi connectivity index (χ1v) is 8.58. The van der Waals surface area contributed by atoms with Crippen LogP contribution in [0.3, 0.4) is 0 Å². The van der Waals surface area contributed by atoms with Crippen LogP contribution in [0, 0.1) is 0 Å². The maximum Gasteiger partial charge on any atom is 0.203 e. The average Bonchev–Trinajstić information content (AvgIpc) is 2.86. The molecule has 0 bridgehead atoms. The zero-order chi connectivity index (χ0) is 14.5. The Morgan fingerprint density at radius 2 is 1.65 bits per heavy atom. The maximum atomic E-state index is 5.49. The summed E-state index contributed by atoms with van der Waals surface area (Å²) in [5.74, 6) is 0.842. The molecular weight excluding hydrogens is 298 g/mol. The lowest BCUT2D eigenvalue weighted by Crippen LogP contribution is -2.10. The molecule has 1 aromatic rings. The summed E-state index contributed by atoms with van der Waals surface area (Å²) in [5.41, 5.74) is 5.49. The molecule has 20 heavy (non-hydrogen) atoms. The third kappa shape index (κ3) is 9.49. The van der Waals surface area contributed by atoms with Gasteiger partial charge in [-0.3, -0.25) is 0 Å². The highest BCUT2D eigenvalue weighted by Crippen LogP contribution is 2.22. The molecule has 8 heteroatoms. The van der Waals surface area contributed by atoms with Crippen molar-refractivity contribution in [3.8, 4) is 0 Å². The average molecular weight is 321 g/mol. The second-order valence-electron chi connectivity index (χ2n) is 3.95. The Kier molecular flexibility index (Phi) is 10.9. The van der Waals surface area contributed by atoms with Crippen molar-refractivity contribution in [2.24, 2.45) is 0 Å². The summed E-state index contributed by atoms with van der Waals surface area (Å²) in [6.07, 6.45) is 2.28. The van der Waals surface area contributed by atoms with Gasteiger partial charge in [0.05, 0.1) is 33.0 Å². The lowest BCUT2D eigenvalue weighted by Gasteiger charge is -2.06. The zero-order valence-electron chi connectivity index (χ0n) is 11.9. The summed E-state index contributed by atoms with van der Waals surface area (Å²) in [6, 6.07) is 0. The van der Waals surface area contributed by atoms with E-state index >= 15 is 0 Å². The van der Waals surface area contributed by atoms with Gasteiger partial charge in [-0.25, -0.2) is 0 Å². The highest BCUT2D eigenvalue weighted by Gasteiger charge is 2.00. The van der Waals surface area contributed by atoms with E-state index in [0.717, 1.165) is 29.5 Å². The van der Waals surface area contributed by atoms with Crippen LogP contribution in [0.5, 0.6) is 0 Å². The van der Waals surface area contributed by atoms with Crippen LogP contribution in [0.4, 0.5) is 5.13 Å². The summed E-state index contributed by atoms with van der Waals surface area (Å²) in [6.45, 7) is 6.14. The topological polar surface area (TPSA) is 79.5 Å². The van der Waals surface area contributed by atoms with Gasteiger partial charge in [0.1, 0.15) is 0 Å². The molecule has 0 saturated carbocycles. The first-order valence-electron chi connectivity index (χ1n) is 6.78. The first kappa shape index (κ1) is 17.6. The van der Waals surface area contributed by atoms with E-state index in [4.69, 9.17) is 19.9 Å². The third-order valence-corrected chi connectivity index (χ3v) is 4.11. The van der Waals surface area contributed by atoms with Crippen molar-refractivity contribution in [1.29, 1.82) is 0 Å². The minimum Gasteiger partial charge on any atom is -0.379 e. The predicted molar refractivity (Wildman–Crippen MR) is 82.4 cm³/mol. The minimum atomic E-state index is 0.503. The van der Waals surface area contributed by atoms with Crippen LogP contribution in [-0.2, 0) is 14.2 Å². The number of anilines is 1. The van der Waals surface area contributed by atoms with E-state index in [1.165, 1.54) is 11.3 Å². The van der Waals surface area contributed by atoms with Gasteiger partial charge in [0.2, 0.25) is 5.13 Å². The molecule has 0 unspecified atom stereocenters. The van der Waals surface area contributed by atoms with Crippen molar-refractivity contribution >= 4 is 28.2 Å². The van der Waals surface area contributed by atoms with Gasteiger partial charge in [-0.1, -0.05) is 36.4 Å². The van der Waals surface area contributed by atoms with Gasteiger partial charge >= 0.3 is 0 Å². The molecule has 0 spiro atoms. The number of thioether (sulfide) groups is 1. The van der Waals surface area contributed by atoms with Crippen molar-refractivity contribution in [3.05, 3.63) is 0 Å². The molecule has 1 heterocycles. The van der Waals surface area contributed by atoms with E-state index < -0.39 is 0 Å². The van der Waals surface area contributed by atoms with E-state index in [-0.39, 0.29) is 0 Å².